The fraction of sp³-hybridized carbons (Fsp3) is 0.500. The van der Waals surface area contributed by atoms with Crippen molar-refractivity contribution in [2.45, 2.75) is 25.8 Å². The van der Waals surface area contributed by atoms with Crippen LogP contribution in [0, 0.1) is 0 Å². The lowest BCUT2D eigenvalue weighted by Gasteiger charge is -2.35. The normalized spacial score (nSPS) is 21.2. The van der Waals surface area contributed by atoms with Crippen LogP contribution in [-0.4, -0.2) is 73.3 Å². The predicted molar refractivity (Wildman–Crippen MR) is 126 cm³/mol. The minimum atomic E-state index is -0.380. The van der Waals surface area contributed by atoms with Crippen LogP contribution in [0.5, 0.6) is 0 Å². The maximum absolute atomic E-state index is 12.8. The van der Waals surface area contributed by atoms with Crippen LogP contribution < -0.4 is 5.32 Å². The van der Waals surface area contributed by atoms with Gasteiger partial charge in [-0.05, 0) is 23.3 Å². The number of hydrogen-bond donors (Lipinski definition) is 1. The lowest BCUT2D eigenvalue weighted by atomic mass is 9.98. The number of ether oxygens (including phenoxy) is 2. The van der Waals surface area contributed by atoms with Gasteiger partial charge in [-0.1, -0.05) is 24.8 Å². The number of methoxy groups -OCH3 is 1. The Morgan fingerprint density at radius 3 is 2.84 bits per heavy atom. The summed E-state index contributed by atoms with van der Waals surface area (Å²) in [6.45, 7) is 6.68. The third-order valence-electron chi connectivity index (χ3n) is 5.64. The summed E-state index contributed by atoms with van der Waals surface area (Å²) in [4.78, 5) is 35.6. The number of morpholine rings is 1. The van der Waals surface area contributed by atoms with Gasteiger partial charge in [0.05, 0.1) is 38.0 Å². The van der Waals surface area contributed by atoms with Gasteiger partial charge in [-0.2, -0.15) is 0 Å². The van der Waals surface area contributed by atoms with E-state index in [1.807, 2.05) is 34.7 Å². The summed E-state index contributed by atoms with van der Waals surface area (Å²) in [6, 6.07) is 3.64. The number of thioether (sulfide) groups is 1. The third kappa shape index (κ3) is 4.93. The van der Waals surface area contributed by atoms with Gasteiger partial charge in [0.1, 0.15) is 6.04 Å². The summed E-state index contributed by atoms with van der Waals surface area (Å²) in [6.07, 6.45) is 0.856. The second-order valence-corrected chi connectivity index (χ2v) is 9.41. The first-order chi connectivity index (χ1) is 15.6. The first-order valence-corrected chi connectivity index (χ1v) is 12.5. The Hall–Kier alpha value is -2.14. The first kappa shape index (κ1) is 23.0. The van der Waals surface area contributed by atoms with E-state index in [1.165, 1.54) is 18.9 Å². The molecule has 10 heteroatoms. The van der Waals surface area contributed by atoms with E-state index in [-0.39, 0.29) is 24.3 Å². The Balaban J connectivity index is 1.48. The molecular formula is C22H28N4O4S2. The second kappa shape index (κ2) is 10.7. The number of amides is 1. The van der Waals surface area contributed by atoms with Crippen LogP contribution in [0.3, 0.4) is 0 Å². The summed E-state index contributed by atoms with van der Waals surface area (Å²) in [5, 5.41) is 7.78. The molecule has 0 bridgehead atoms. The highest BCUT2D eigenvalue weighted by molar-refractivity contribution is 8.16. The van der Waals surface area contributed by atoms with E-state index in [1.54, 1.807) is 11.3 Å². The minimum Gasteiger partial charge on any atom is -0.466 e. The Labute approximate surface area is 196 Å². The number of rotatable bonds is 8. The molecule has 0 saturated carbocycles. The number of thiophene rings is 1. The fourth-order valence-electron chi connectivity index (χ4n) is 4.03. The summed E-state index contributed by atoms with van der Waals surface area (Å²) >= 11 is 3.08. The molecule has 1 atom stereocenters. The van der Waals surface area contributed by atoms with Gasteiger partial charge >= 0.3 is 5.97 Å². The quantitative estimate of drug-likeness (QED) is 0.578. The Kier molecular flexibility index (Phi) is 7.67. The van der Waals surface area contributed by atoms with E-state index >= 15 is 0 Å². The summed E-state index contributed by atoms with van der Waals surface area (Å²) in [5.41, 5.74) is 2.12. The molecule has 0 unspecified atom stereocenters. The number of esters is 1. The number of aliphatic imine (C=N–C) groups is 1. The third-order valence-corrected chi connectivity index (χ3v) is 7.45. The predicted octanol–water partition coefficient (Wildman–Crippen LogP) is 2.72. The SMILES string of the molecule is CCC1=C(C(=O)OC)[C@@H](c2cccs2)N2C(CC(=O)NCCN3CCOCC3)=CSC2=N1. The number of nitrogens with one attached hydrogen (secondary N) is 1. The van der Waals surface area contributed by atoms with Crippen LogP contribution in [0.4, 0.5) is 0 Å². The average molecular weight is 477 g/mol. The molecule has 4 heterocycles. The highest BCUT2D eigenvalue weighted by atomic mass is 32.2. The van der Waals surface area contributed by atoms with Crippen molar-refractivity contribution >= 4 is 40.1 Å². The van der Waals surface area contributed by atoms with Gasteiger partial charge in [-0.3, -0.25) is 9.69 Å². The molecule has 32 heavy (non-hydrogen) atoms. The fourth-order valence-corrected chi connectivity index (χ4v) is 5.79. The molecule has 1 N–H and O–H groups in total. The topological polar surface area (TPSA) is 83.5 Å². The highest BCUT2D eigenvalue weighted by Gasteiger charge is 2.41. The molecule has 1 aromatic rings. The van der Waals surface area contributed by atoms with E-state index in [4.69, 9.17) is 14.5 Å². The van der Waals surface area contributed by atoms with Crippen LogP contribution in [0.15, 0.2) is 44.9 Å². The van der Waals surface area contributed by atoms with E-state index < -0.39 is 0 Å². The van der Waals surface area contributed by atoms with Gasteiger partial charge < -0.3 is 19.7 Å². The largest absolute Gasteiger partial charge is 0.466 e. The van der Waals surface area contributed by atoms with E-state index in [9.17, 15) is 9.59 Å². The smallest absolute Gasteiger partial charge is 0.338 e. The number of hydrogen-bond acceptors (Lipinski definition) is 9. The van der Waals surface area contributed by atoms with Crippen LogP contribution in [-0.2, 0) is 19.1 Å². The zero-order valence-corrected chi connectivity index (χ0v) is 20.0. The molecule has 3 aliphatic rings. The standard InChI is InChI=1S/C22H28N4O4S2/c1-3-16-19(21(28)29-2)20(17-5-4-12-31-17)26-15(14-32-22(26)24-16)13-18(27)23-6-7-25-8-10-30-11-9-25/h4-5,12,14,20H,3,6-11,13H2,1-2H3,(H,23,27)/t20-/m1/s1. The summed E-state index contributed by atoms with van der Waals surface area (Å²) < 4.78 is 10.5. The number of allylic oxidation sites excluding steroid dienone is 1. The van der Waals surface area contributed by atoms with E-state index in [0.29, 0.717) is 18.5 Å². The zero-order chi connectivity index (χ0) is 22.5. The molecule has 172 valence electrons. The van der Waals surface area contributed by atoms with Gasteiger partial charge in [0.15, 0.2) is 5.17 Å². The number of amidine groups is 1. The molecule has 0 radical (unpaired) electrons. The van der Waals surface area contributed by atoms with E-state index in [0.717, 1.165) is 54.3 Å². The van der Waals surface area contributed by atoms with Gasteiger partial charge in [0, 0.05) is 36.8 Å². The van der Waals surface area contributed by atoms with Gasteiger partial charge in [-0.25, -0.2) is 9.79 Å². The molecular weight excluding hydrogens is 448 g/mol. The molecule has 0 aromatic carbocycles. The maximum Gasteiger partial charge on any atom is 0.338 e. The van der Waals surface area contributed by atoms with Crippen molar-refractivity contribution in [1.29, 1.82) is 0 Å². The Bertz CT molecular complexity index is 936. The molecule has 1 amide bonds. The molecule has 1 fully saturated rings. The number of carbonyl (C=O) groups is 2. The molecule has 4 rings (SSSR count). The van der Waals surface area contributed by atoms with Crippen LogP contribution in [0.2, 0.25) is 0 Å². The monoisotopic (exact) mass is 476 g/mol. The lowest BCUT2D eigenvalue weighted by Crippen LogP contribution is -2.42. The lowest BCUT2D eigenvalue weighted by molar-refractivity contribution is -0.136. The van der Waals surface area contributed by atoms with Crippen LogP contribution in [0.1, 0.15) is 30.7 Å². The van der Waals surface area contributed by atoms with Crippen molar-refractivity contribution in [1.82, 2.24) is 15.1 Å². The van der Waals surface area contributed by atoms with Gasteiger partial charge in [-0.15, -0.1) is 11.3 Å². The molecule has 0 aliphatic carbocycles. The zero-order valence-electron chi connectivity index (χ0n) is 18.3. The molecule has 1 saturated heterocycles. The van der Waals surface area contributed by atoms with Gasteiger partial charge in [0.25, 0.3) is 0 Å². The maximum atomic E-state index is 12.8. The van der Waals surface area contributed by atoms with Crippen LogP contribution >= 0.6 is 23.1 Å². The average Bonchev–Trinajstić information content (AvgIpc) is 3.48. The van der Waals surface area contributed by atoms with Crippen molar-refractivity contribution in [3.63, 3.8) is 0 Å². The van der Waals surface area contributed by atoms with E-state index in [2.05, 4.69) is 10.2 Å². The van der Waals surface area contributed by atoms with Crippen molar-refractivity contribution in [2.75, 3.05) is 46.5 Å². The molecule has 1 aromatic heterocycles. The van der Waals surface area contributed by atoms with Crippen LogP contribution in [0.25, 0.3) is 0 Å². The van der Waals surface area contributed by atoms with Crippen molar-refractivity contribution in [3.8, 4) is 0 Å². The van der Waals surface area contributed by atoms with Crippen molar-refractivity contribution in [2.24, 2.45) is 4.99 Å². The summed E-state index contributed by atoms with van der Waals surface area (Å²) in [5.74, 6) is -0.421. The first-order valence-electron chi connectivity index (χ1n) is 10.8. The molecule has 3 aliphatic heterocycles. The van der Waals surface area contributed by atoms with Crippen molar-refractivity contribution < 1.29 is 19.1 Å². The highest BCUT2D eigenvalue weighted by Crippen LogP contribution is 2.46. The minimum absolute atomic E-state index is 0.0406. The second-order valence-electron chi connectivity index (χ2n) is 7.60. The number of carbonyl (C=O) groups excluding carboxylic acids is 2. The van der Waals surface area contributed by atoms with Gasteiger partial charge in [0.2, 0.25) is 5.91 Å². The molecule has 8 nitrogen and oxygen atoms in total. The summed E-state index contributed by atoms with van der Waals surface area (Å²) in [7, 11) is 1.39. The Morgan fingerprint density at radius 2 is 2.16 bits per heavy atom. The number of nitrogens with zero attached hydrogens (tertiary/aromatic N) is 3. The Morgan fingerprint density at radius 1 is 1.34 bits per heavy atom. The number of fused-ring (bicyclic) bond motifs is 1. The van der Waals surface area contributed by atoms with Crippen molar-refractivity contribution in [3.05, 3.63) is 44.8 Å². The molecule has 0 spiro atoms.